The number of hydrogen-bond acceptors (Lipinski definition) is 2. The molecule has 15 heavy (non-hydrogen) atoms. The fraction of sp³-hybridized carbons (Fsp3) is 0.333. The Morgan fingerprint density at radius 2 is 2.33 bits per heavy atom. The number of halogens is 1. The van der Waals surface area contributed by atoms with Crippen molar-refractivity contribution in [2.75, 3.05) is 19.0 Å². The molecule has 0 spiro atoms. The molecule has 0 atom stereocenters. The maximum atomic E-state index is 5.16. The lowest BCUT2D eigenvalue weighted by Crippen LogP contribution is -2.00. The molecule has 1 rings (SSSR count). The maximum Gasteiger partial charge on any atom is 0.133 e. The molecule has 0 bridgehead atoms. The molecule has 0 aliphatic rings. The molecule has 1 N–H and O–H groups in total. The average Bonchev–Trinajstić information content (AvgIpc) is 2.25. The molecular formula is C12H16BrNO. The first-order valence-corrected chi connectivity index (χ1v) is 5.75. The highest BCUT2D eigenvalue weighted by atomic mass is 79.9. The summed E-state index contributed by atoms with van der Waals surface area (Å²) in [6.07, 6.45) is 4.09. The Kier molecular flexibility index (Phi) is 5.26. The van der Waals surface area contributed by atoms with E-state index in [1.54, 1.807) is 7.11 Å². The van der Waals surface area contributed by atoms with Crippen LogP contribution in [0.5, 0.6) is 5.75 Å². The van der Waals surface area contributed by atoms with Crippen LogP contribution in [0.25, 0.3) is 0 Å². The first-order chi connectivity index (χ1) is 7.27. The average molecular weight is 270 g/mol. The van der Waals surface area contributed by atoms with Gasteiger partial charge in [-0.15, -0.1) is 6.58 Å². The van der Waals surface area contributed by atoms with Crippen molar-refractivity contribution in [3.63, 3.8) is 0 Å². The summed E-state index contributed by atoms with van der Waals surface area (Å²) >= 11 is 3.45. The van der Waals surface area contributed by atoms with E-state index in [-0.39, 0.29) is 0 Å². The van der Waals surface area contributed by atoms with Gasteiger partial charge in [-0.1, -0.05) is 6.08 Å². The maximum absolute atomic E-state index is 5.16. The SMILES string of the molecule is C=CCCCNc1ccc(OC)c(Br)c1. The molecule has 0 amide bonds. The van der Waals surface area contributed by atoms with Crippen molar-refractivity contribution in [2.45, 2.75) is 12.8 Å². The topological polar surface area (TPSA) is 21.3 Å². The van der Waals surface area contributed by atoms with Crippen molar-refractivity contribution in [1.29, 1.82) is 0 Å². The van der Waals surface area contributed by atoms with Crippen molar-refractivity contribution < 1.29 is 4.74 Å². The van der Waals surface area contributed by atoms with Crippen molar-refractivity contribution in [3.8, 4) is 5.75 Å². The molecule has 1 aromatic rings. The van der Waals surface area contributed by atoms with Crippen molar-refractivity contribution in [1.82, 2.24) is 0 Å². The Labute approximate surface area is 99.5 Å². The third-order valence-corrected chi connectivity index (χ3v) is 2.69. The predicted octanol–water partition coefficient (Wildman–Crippen LogP) is 3.84. The lowest BCUT2D eigenvalue weighted by molar-refractivity contribution is 0.412. The van der Waals surface area contributed by atoms with Crippen LogP contribution in [0.15, 0.2) is 35.3 Å². The van der Waals surface area contributed by atoms with Gasteiger partial charge in [-0.05, 0) is 47.0 Å². The van der Waals surface area contributed by atoms with E-state index >= 15 is 0 Å². The number of methoxy groups -OCH3 is 1. The van der Waals surface area contributed by atoms with Gasteiger partial charge >= 0.3 is 0 Å². The highest BCUT2D eigenvalue weighted by Gasteiger charge is 2.00. The number of unbranched alkanes of at least 4 members (excludes halogenated alkanes) is 1. The fourth-order valence-corrected chi connectivity index (χ4v) is 1.80. The monoisotopic (exact) mass is 269 g/mol. The van der Waals surface area contributed by atoms with E-state index in [4.69, 9.17) is 4.74 Å². The zero-order valence-corrected chi connectivity index (χ0v) is 10.5. The van der Waals surface area contributed by atoms with E-state index < -0.39 is 0 Å². The number of ether oxygens (including phenoxy) is 1. The summed E-state index contributed by atoms with van der Waals surface area (Å²) in [6.45, 7) is 4.65. The number of rotatable bonds is 6. The second-order valence-corrected chi connectivity index (χ2v) is 4.06. The molecule has 3 heteroatoms. The van der Waals surface area contributed by atoms with Crippen molar-refractivity contribution >= 4 is 21.6 Å². The Morgan fingerprint density at radius 3 is 2.93 bits per heavy atom. The molecule has 0 unspecified atom stereocenters. The first-order valence-electron chi connectivity index (χ1n) is 4.96. The summed E-state index contributed by atoms with van der Waals surface area (Å²) in [5.74, 6) is 0.853. The Balaban J connectivity index is 2.48. The van der Waals surface area contributed by atoms with E-state index in [0.29, 0.717) is 0 Å². The van der Waals surface area contributed by atoms with Crippen LogP contribution in [0.3, 0.4) is 0 Å². The molecule has 0 aliphatic heterocycles. The van der Waals surface area contributed by atoms with Gasteiger partial charge < -0.3 is 10.1 Å². The highest BCUT2D eigenvalue weighted by Crippen LogP contribution is 2.27. The first kappa shape index (κ1) is 12.1. The van der Waals surface area contributed by atoms with E-state index in [9.17, 15) is 0 Å². The zero-order valence-electron chi connectivity index (χ0n) is 8.92. The Morgan fingerprint density at radius 1 is 1.53 bits per heavy atom. The number of benzene rings is 1. The van der Waals surface area contributed by atoms with Gasteiger partial charge in [-0.25, -0.2) is 0 Å². The van der Waals surface area contributed by atoms with Crippen LogP contribution in [0.4, 0.5) is 5.69 Å². The van der Waals surface area contributed by atoms with Crippen LogP contribution in [0.2, 0.25) is 0 Å². The van der Waals surface area contributed by atoms with Gasteiger partial charge in [-0.3, -0.25) is 0 Å². The van der Waals surface area contributed by atoms with Crippen molar-refractivity contribution in [3.05, 3.63) is 35.3 Å². The number of hydrogen-bond donors (Lipinski definition) is 1. The highest BCUT2D eigenvalue weighted by molar-refractivity contribution is 9.10. The number of nitrogens with one attached hydrogen (secondary N) is 1. The second-order valence-electron chi connectivity index (χ2n) is 3.21. The normalized spacial score (nSPS) is 9.73. The Bertz CT molecular complexity index is 325. The standard InChI is InChI=1S/C12H16BrNO/c1-3-4-5-8-14-10-6-7-12(15-2)11(13)9-10/h3,6-7,9,14H,1,4-5,8H2,2H3. The molecule has 0 saturated heterocycles. The lowest BCUT2D eigenvalue weighted by atomic mass is 10.2. The van der Waals surface area contributed by atoms with Crippen molar-refractivity contribution in [2.24, 2.45) is 0 Å². The largest absolute Gasteiger partial charge is 0.496 e. The molecule has 0 fully saturated rings. The Hall–Kier alpha value is -0.960. The zero-order chi connectivity index (χ0) is 11.1. The van der Waals surface area contributed by atoms with E-state index in [1.165, 1.54) is 0 Å². The molecule has 0 heterocycles. The van der Waals surface area contributed by atoms with E-state index in [0.717, 1.165) is 35.3 Å². The molecule has 0 radical (unpaired) electrons. The lowest BCUT2D eigenvalue weighted by Gasteiger charge is -2.08. The molecule has 1 aromatic carbocycles. The summed E-state index contributed by atoms with van der Waals surface area (Å²) in [4.78, 5) is 0. The van der Waals surface area contributed by atoms with Gasteiger partial charge in [0.1, 0.15) is 5.75 Å². The summed E-state index contributed by atoms with van der Waals surface area (Å²) in [6, 6.07) is 5.98. The molecular weight excluding hydrogens is 254 g/mol. The summed E-state index contributed by atoms with van der Waals surface area (Å²) < 4.78 is 6.13. The second kappa shape index (κ2) is 6.51. The third-order valence-electron chi connectivity index (χ3n) is 2.07. The molecule has 0 saturated carbocycles. The number of allylic oxidation sites excluding steroid dienone is 1. The van der Waals surface area contributed by atoms with Gasteiger partial charge in [0, 0.05) is 12.2 Å². The quantitative estimate of drug-likeness (QED) is 0.626. The predicted molar refractivity (Wildman–Crippen MR) is 68.6 cm³/mol. The molecule has 0 aliphatic carbocycles. The third kappa shape index (κ3) is 3.96. The minimum absolute atomic E-state index is 0.853. The van der Waals surface area contributed by atoms with Crippen LogP contribution in [0, 0.1) is 0 Å². The van der Waals surface area contributed by atoms with Gasteiger partial charge in [0.25, 0.3) is 0 Å². The van der Waals surface area contributed by atoms with E-state index in [1.807, 2.05) is 24.3 Å². The van der Waals surface area contributed by atoms with Gasteiger partial charge in [-0.2, -0.15) is 0 Å². The molecule has 0 aromatic heterocycles. The van der Waals surface area contributed by atoms with Crippen LogP contribution < -0.4 is 10.1 Å². The van der Waals surface area contributed by atoms with Crippen LogP contribution in [-0.4, -0.2) is 13.7 Å². The summed E-state index contributed by atoms with van der Waals surface area (Å²) in [5, 5.41) is 3.34. The fourth-order valence-electron chi connectivity index (χ4n) is 1.26. The minimum atomic E-state index is 0.853. The van der Waals surface area contributed by atoms with Crippen LogP contribution >= 0.6 is 15.9 Å². The van der Waals surface area contributed by atoms with Crippen LogP contribution in [-0.2, 0) is 0 Å². The molecule has 2 nitrogen and oxygen atoms in total. The molecule has 82 valence electrons. The van der Waals surface area contributed by atoms with Gasteiger partial charge in [0.2, 0.25) is 0 Å². The van der Waals surface area contributed by atoms with Crippen LogP contribution in [0.1, 0.15) is 12.8 Å². The van der Waals surface area contributed by atoms with E-state index in [2.05, 4.69) is 27.8 Å². The number of anilines is 1. The van der Waals surface area contributed by atoms with Gasteiger partial charge in [0.15, 0.2) is 0 Å². The summed E-state index contributed by atoms with van der Waals surface area (Å²) in [7, 11) is 1.66. The van der Waals surface area contributed by atoms with Gasteiger partial charge in [0.05, 0.1) is 11.6 Å². The summed E-state index contributed by atoms with van der Waals surface area (Å²) in [5.41, 5.74) is 1.10. The minimum Gasteiger partial charge on any atom is -0.496 e. The smallest absolute Gasteiger partial charge is 0.133 e.